The van der Waals surface area contributed by atoms with Gasteiger partial charge in [-0.05, 0) is 32.1 Å². The average Bonchev–Trinajstić information content (AvgIpc) is 2.21. The monoisotopic (exact) mass is 212 g/mol. The Morgan fingerprint density at radius 2 is 1.93 bits per heavy atom. The van der Waals surface area contributed by atoms with Gasteiger partial charge in [0.1, 0.15) is 0 Å². The molecule has 0 bridgehead atoms. The van der Waals surface area contributed by atoms with Gasteiger partial charge in [-0.1, -0.05) is 38.8 Å². The molecule has 15 heavy (non-hydrogen) atoms. The molecule has 0 aromatic carbocycles. The first-order chi connectivity index (χ1) is 7.22. The maximum atomic E-state index is 10.8. The van der Waals surface area contributed by atoms with Gasteiger partial charge in [0.25, 0.3) is 0 Å². The molecule has 2 heteroatoms. The predicted molar refractivity (Wildman–Crippen MR) is 63.9 cm³/mol. The molecule has 0 rings (SSSR count). The highest BCUT2D eigenvalue weighted by Crippen LogP contribution is 2.15. The molecule has 0 fully saturated rings. The highest BCUT2D eigenvalue weighted by Gasteiger charge is 2.14. The Kier molecular flexibility index (Phi) is 9.24. The summed E-state index contributed by atoms with van der Waals surface area (Å²) in [6, 6.07) is 0. The van der Waals surface area contributed by atoms with Crippen LogP contribution in [0.15, 0.2) is 12.2 Å². The van der Waals surface area contributed by atoms with E-state index >= 15 is 0 Å². The molecular weight excluding hydrogens is 188 g/mol. The van der Waals surface area contributed by atoms with E-state index in [0.29, 0.717) is 0 Å². The van der Waals surface area contributed by atoms with E-state index in [1.165, 1.54) is 0 Å². The summed E-state index contributed by atoms with van der Waals surface area (Å²) in [6.07, 6.45) is 11.3. The fourth-order valence-electron chi connectivity index (χ4n) is 1.68. The van der Waals surface area contributed by atoms with Crippen LogP contribution in [-0.2, 0) is 4.79 Å². The van der Waals surface area contributed by atoms with Crippen molar-refractivity contribution in [3.63, 3.8) is 0 Å². The minimum Gasteiger partial charge on any atom is -0.481 e. The average molecular weight is 212 g/mol. The van der Waals surface area contributed by atoms with Crippen LogP contribution >= 0.6 is 0 Å². The van der Waals surface area contributed by atoms with E-state index in [9.17, 15) is 4.79 Å². The van der Waals surface area contributed by atoms with Gasteiger partial charge in [0.15, 0.2) is 0 Å². The van der Waals surface area contributed by atoms with Crippen LogP contribution in [0.3, 0.4) is 0 Å². The second-order valence-corrected chi connectivity index (χ2v) is 3.99. The highest BCUT2D eigenvalue weighted by molar-refractivity contribution is 5.69. The van der Waals surface area contributed by atoms with Crippen molar-refractivity contribution in [2.75, 3.05) is 0 Å². The molecule has 0 saturated carbocycles. The molecule has 1 atom stereocenters. The largest absolute Gasteiger partial charge is 0.481 e. The van der Waals surface area contributed by atoms with E-state index in [0.717, 1.165) is 44.9 Å². The van der Waals surface area contributed by atoms with Crippen molar-refractivity contribution >= 4 is 5.97 Å². The number of carboxylic acid groups (broad SMARTS) is 1. The summed E-state index contributed by atoms with van der Waals surface area (Å²) >= 11 is 0. The van der Waals surface area contributed by atoms with Gasteiger partial charge in [0, 0.05) is 0 Å². The molecule has 0 aliphatic carbocycles. The first kappa shape index (κ1) is 14.2. The number of hydrogen-bond donors (Lipinski definition) is 1. The topological polar surface area (TPSA) is 37.3 Å². The van der Waals surface area contributed by atoms with Crippen molar-refractivity contribution in [1.82, 2.24) is 0 Å². The lowest BCUT2D eigenvalue weighted by Crippen LogP contribution is -2.13. The quantitative estimate of drug-likeness (QED) is 0.463. The highest BCUT2D eigenvalue weighted by atomic mass is 16.4. The zero-order valence-corrected chi connectivity index (χ0v) is 10.0. The molecule has 0 aromatic heterocycles. The van der Waals surface area contributed by atoms with E-state index in [1.54, 1.807) is 0 Å². The molecule has 2 nitrogen and oxygen atoms in total. The number of carboxylic acids is 1. The molecule has 0 aliphatic rings. The van der Waals surface area contributed by atoms with Crippen LogP contribution in [0, 0.1) is 5.92 Å². The molecule has 1 N–H and O–H groups in total. The third-order valence-corrected chi connectivity index (χ3v) is 2.56. The Morgan fingerprint density at radius 1 is 1.20 bits per heavy atom. The molecule has 0 aliphatic heterocycles. The normalized spacial score (nSPS) is 13.2. The molecule has 0 radical (unpaired) electrons. The van der Waals surface area contributed by atoms with Crippen molar-refractivity contribution in [2.45, 2.75) is 58.8 Å². The summed E-state index contributed by atoms with van der Waals surface area (Å²) in [7, 11) is 0. The van der Waals surface area contributed by atoms with Crippen molar-refractivity contribution in [3.05, 3.63) is 12.2 Å². The number of rotatable bonds is 9. The lowest BCUT2D eigenvalue weighted by Gasteiger charge is -2.09. The van der Waals surface area contributed by atoms with Crippen LogP contribution < -0.4 is 0 Å². The molecule has 0 amide bonds. The standard InChI is InChI=1S/C13H24O2/c1-3-5-6-7-8-9-11-12(10-4-2)13(14)15/h5-6,12H,3-4,7-11H2,1-2H3,(H,14,15). The Morgan fingerprint density at radius 3 is 2.47 bits per heavy atom. The maximum Gasteiger partial charge on any atom is 0.306 e. The summed E-state index contributed by atoms with van der Waals surface area (Å²) in [4.78, 5) is 10.8. The lowest BCUT2D eigenvalue weighted by atomic mass is 9.97. The molecule has 1 unspecified atom stereocenters. The third kappa shape index (κ3) is 8.22. The van der Waals surface area contributed by atoms with Gasteiger partial charge in [-0.25, -0.2) is 0 Å². The van der Waals surface area contributed by atoms with Gasteiger partial charge in [0.05, 0.1) is 5.92 Å². The minimum absolute atomic E-state index is 0.120. The maximum absolute atomic E-state index is 10.8. The van der Waals surface area contributed by atoms with Crippen LogP contribution in [-0.4, -0.2) is 11.1 Å². The lowest BCUT2D eigenvalue weighted by molar-refractivity contribution is -0.142. The number of allylic oxidation sites excluding steroid dienone is 2. The molecule has 0 heterocycles. The van der Waals surface area contributed by atoms with Crippen LogP contribution in [0.4, 0.5) is 0 Å². The zero-order chi connectivity index (χ0) is 11.5. The van der Waals surface area contributed by atoms with E-state index in [2.05, 4.69) is 19.1 Å². The summed E-state index contributed by atoms with van der Waals surface area (Å²) in [5.74, 6) is -0.744. The number of aliphatic carboxylic acids is 1. The van der Waals surface area contributed by atoms with Gasteiger partial charge >= 0.3 is 5.97 Å². The Balaban J connectivity index is 3.53. The number of hydrogen-bond acceptors (Lipinski definition) is 1. The molecule has 0 saturated heterocycles. The number of carbonyl (C=O) groups is 1. The second-order valence-electron chi connectivity index (χ2n) is 3.99. The van der Waals surface area contributed by atoms with Gasteiger partial charge in [-0.2, -0.15) is 0 Å². The Hall–Kier alpha value is -0.790. The van der Waals surface area contributed by atoms with E-state index < -0.39 is 5.97 Å². The minimum atomic E-state index is -0.624. The fourth-order valence-corrected chi connectivity index (χ4v) is 1.68. The Labute approximate surface area is 93.4 Å². The van der Waals surface area contributed by atoms with Gasteiger partial charge in [-0.15, -0.1) is 0 Å². The summed E-state index contributed by atoms with van der Waals surface area (Å²) in [5, 5.41) is 8.93. The van der Waals surface area contributed by atoms with Gasteiger partial charge < -0.3 is 5.11 Å². The van der Waals surface area contributed by atoms with Crippen molar-refractivity contribution in [1.29, 1.82) is 0 Å². The van der Waals surface area contributed by atoms with Crippen molar-refractivity contribution in [3.8, 4) is 0 Å². The van der Waals surface area contributed by atoms with Gasteiger partial charge in [0.2, 0.25) is 0 Å². The molecule has 0 spiro atoms. The van der Waals surface area contributed by atoms with Crippen LogP contribution in [0.1, 0.15) is 58.8 Å². The summed E-state index contributed by atoms with van der Waals surface area (Å²) in [6.45, 7) is 4.16. The summed E-state index contributed by atoms with van der Waals surface area (Å²) in [5.41, 5.74) is 0. The second kappa shape index (κ2) is 9.75. The molecular formula is C13H24O2. The third-order valence-electron chi connectivity index (χ3n) is 2.56. The zero-order valence-electron chi connectivity index (χ0n) is 10.0. The SMILES string of the molecule is CCC=CCCCCC(CCC)C(=O)O. The van der Waals surface area contributed by atoms with Crippen molar-refractivity contribution in [2.24, 2.45) is 5.92 Å². The predicted octanol–water partition coefficient (Wildman–Crippen LogP) is 4.01. The fraction of sp³-hybridized carbons (Fsp3) is 0.769. The molecule has 0 aromatic rings. The van der Waals surface area contributed by atoms with Crippen LogP contribution in [0.5, 0.6) is 0 Å². The first-order valence-electron chi connectivity index (χ1n) is 6.10. The van der Waals surface area contributed by atoms with E-state index in [1.807, 2.05) is 6.92 Å². The van der Waals surface area contributed by atoms with Crippen LogP contribution in [0.25, 0.3) is 0 Å². The van der Waals surface area contributed by atoms with E-state index in [4.69, 9.17) is 5.11 Å². The smallest absolute Gasteiger partial charge is 0.306 e. The van der Waals surface area contributed by atoms with Crippen LogP contribution in [0.2, 0.25) is 0 Å². The van der Waals surface area contributed by atoms with Crippen molar-refractivity contribution < 1.29 is 9.90 Å². The number of unbranched alkanes of at least 4 members (excludes halogenated alkanes) is 2. The first-order valence-corrected chi connectivity index (χ1v) is 6.10. The summed E-state index contributed by atoms with van der Waals surface area (Å²) < 4.78 is 0. The van der Waals surface area contributed by atoms with Gasteiger partial charge in [-0.3, -0.25) is 4.79 Å². The Bertz CT molecular complexity index is 185. The van der Waals surface area contributed by atoms with E-state index in [-0.39, 0.29) is 5.92 Å². The molecule has 88 valence electrons.